The lowest BCUT2D eigenvalue weighted by molar-refractivity contribution is 0.412. The SMILES string of the molecule is CC1CCCC(C)N1c1nc(Cl)nc2scc(-c3ccc(Br)cc3)c12. The Hall–Kier alpha value is -1.17. The van der Waals surface area contributed by atoms with Gasteiger partial charge in [-0.2, -0.15) is 4.98 Å². The molecule has 3 aromatic rings. The Balaban J connectivity index is 1.94. The van der Waals surface area contributed by atoms with E-state index in [4.69, 9.17) is 11.6 Å². The number of thiophene rings is 1. The number of nitrogens with zero attached hydrogens (tertiary/aromatic N) is 3. The summed E-state index contributed by atoms with van der Waals surface area (Å²) in [5.41, 5.74) is 2.36. The fourth-order valence-corrected chi connectivity index (χ4v) is 5.19. The van der Waals surface area contributed by atoms with Gasteiger partial charge in [-0.05, 0) is 62.4 Å². The van der Waals surface area contributed by atoms with Crippen LogP contribution in [0.3, 0.4) is 0 Å². The van der Waals surface area contributed by atoms with Crippen LogP contribution in [-0.4, -0.2) is 22.1 Å². The van der Waals surface area contributed by atoms with E-state index < -0.39 is 0 Å². The molecular weight excluding hydrogens is 418 g/mol. The van der Waals surface area contributed by atoms with Crippen LogP contribution in [0.5, 0.6) is 0 Å². The Morgan fingerprint density at radius 1 is 1.12 bits per heavy atom. The Labute approximate surface area is 165 Å². The first-order chi connectivity index (χ1) is 12.0. The number of halogens is 2. The van der Waals surface area contributed by atoms with Crippen LogP contribution in [0.15, 0.2) is 34.1 Å². The summed E-state index contributed by atoms with van der Waals surface area (Å²) in [6, 6.07) is 9.31. The molecule has 6 heteroatoms. The molecule has 1 fully saturated rings. The number of hydrogen-bond acceptors (Lipinski definition) is 4. The zero-order valence-electron chi connectivity index (χ0n) is 14.2. The van der Waals surface area contributed by atoms with Crippen molar-refractivity contribution in [2.75, 3.05) is 4.90 Å². The highest BCUT2D eigenvalue weighted by Crippen LogP contribution is 2.41. The lowest BCUT2D eigenvalue weighted by atomic mass is 9.96. The molecule has 0 saturated carbocycles. The molecule has 3 nitrogen and oxygen atoms in total. The zero-order valence-corrected chi connectivity index (χ0v) is 17.3. The van der Waals surface area contributed by atoms with Gasteiger partial charge >= 0.3 is 0 Å². The van der Waals surface area contributed by atoms with Crippen LogP contribution in [0.2, 0.25) is 5.28 Å². The lowest BCUT2D eigenvalue weighted by Crippen LogP contribution is -2.44. The van der Waals surface area contributed by atoms with E-state index >= 15 is 0 Å². The van der Waals surface area contributed by atoms with Crippen LogP contribution >= 0.6 is 38.9 Å². The maximum absolute atomic E-state index is 6.27. The van der Waals surface area contributed by atoms with Gasteiger partial charge in [0.05, 0.1) is 5.39 Å². The molecule has 1 aromatic carbocycles. The monoisotopic (exact) mass is 435 g/mol. The van der Waals surface area contributed by atoms with E-state index in [-0.39, 0.29) is 0 Å². The third-order valence-corrected chi connectivity index (χ3v) is 6.55. The molecule has 3 heterocycles. The van der Waals surface area contributed by atoms with Crippen molar-refractivity contribution in [3.05, 3.63) is 39.4 Å². The minimum atomic E-state index is 0.330. The van der Waals surface area contributed by atoms with E-state index in [0.29, 0.717) is 17.4 Å². The highest BCUT2D eigenvalue weighted by Gasteiger charge is 2.29. The first-order valence-corrected chi connectivity index (χ1v) is 10.6. The third-order valence-electron chi connectivity index (χ3n) is 4.98. The molecule has 1 saturated heterocycles. The van der Waals surface area contributed by atoms with E-state index in [1.165, 1.54) is 30.4 Å². The predicted molar refractivity (Wildman–Crippen MR) is 111 cm³/mol. The average Bonchev–Trinajstić information content (AvgIpc) is 2.99. The fourth-order valence-electron chi connectivity index (χ4n) is 3.77. The number of anilines is 1. The summed E-state index contributed by atoms with van der Waals surface area (Å²) in [4.78, 5) is 12.6. The van der Waals surface area contributed by atoms with Gasteiger partial charge in [0.25, 0.3) is 0 Å². The number of benzene rings is 1. The number of piperidine rings is 1. The van der Waals surface area contributed by atoms with Gasteiger partial charge in [0.2, 0.25) is 5.28 Å². The van der Waals surface area contributed by atoms with Crippen molar-refractivity contribution in [2.45, 2.75) is 45.2 Å². The molecule has 1 aliphatic rings. The molecule has 130 valence electrons. The molecule has 2 aromatic heterocycles. The van der Waals surface area contributed by atoms with Gasteiger partial charge < -0.3 is 4.90 Å². The molecule has 0 bridgehead atoms. The fraction of sp³-hybridized carbons (Fsp3) is 0.368. The van der Waals surface area contributed by atoms with E-state index in [1.807, 2.05) is 0 Å². The van der Waals surface area contributed by atoms with Gasteiger partial charge in [0.1, 0.15) is 10.6 Å². The standard InChI is InChI=1S/C19H19BrClN3S/c1-11-4-3-5-12(2)24(11)17-16-15(13-6-8-14(20)9-7-13)10-25-18(16)23-19(21)22-17/h6-12H,3-5H2,1-2H3. The first-order valence-electron chi connectivity index (χ1n) is 8.53. The van der Waals surface area contributed by atoms with Crippen molar-refractivity contribution in [2.24, 2.45) is 0 Å². The maximum Gasteiger partial charge on any atom is 0.225 e. The number of fused-ring (bicyclic) bond motifs is 1. The normalized spacial score (nSPS) is 21.0. The van der Waals surface area contributed by atoms with E-state index in [0.717, 1.165) is 20.5 Å². The molecule has 0 aliphatic carbocycles. The van der Waals surface area contributed by atoms with Crippen LogP contribution in [0, 0.1) is 0 Å². The molecule has 0 radical (unpaired) electrons. The largest absolute Gasteiger partial charge is 0.351 e. The summed E-state index contributed by atoms with van der Waals surface area (Å²) in [5.74, 6) is 0.980. The topological polar surface area (TPSA) is 29.0 Å². The maximum atomic E-state index is 6.27. The van der Waals surface area contributed by atoms with E-state index in [9.17, 15) is 0 Å². The van der Waals surface area contributed by atoms with Crippen molar-refractivity contribution in [1.29, 1.82) is 0 Å². The highest BCUT2D eigenvalue weighted by molar-refractivity contribution is 9.10. The lowest BCUT2D eigenvalue weighted by Gasteiger charge is -2.40. The van der Waals surface area contributed by atoms with Crippen LogP contribution in [0.1, 0.15) is 33.1 Å². The molecule has 25 heavy (non-hydrogen) atoms. The molecule has 0 spiro atoms. The Bertz CT molecular complexity index is 899. The summed E-state index contributed by atoms with van der Waals surface area (Å²) in [5, 5.41) is 3.62. The Morgan fingerprint density at radius 2 is 1.80 bits per heavy atom. The van der Waals surface area contributed by atoms with Crippen molar-refractivity contribution >= 4 is 54.9 Å². The smallest absolute Gasteiger partial charge is 0.225 e. The molecule has 2 atom stereocenters. The van der Waals surface area contributed by atoms with Crippen LogP contribution in [0.4, 0.5) is 5.82 Å². The van der Waals surface area contributed by atoms with Crippen LogP contribution < -0.4 is 4.90 Å². The minimum Gasteiger partial charge on any atom is -0.351 e. The summed E-state index contributed by atoms with van der Waals surface area (Å²) < 4.78 is 1.08. The van der Waals surface area contributed by atoms with Gasteiger partial charge in [-0.25, -0.2) is 4.98 Å². The molecule has 2 unspecified atom stereocenters. The van der Waals surface area contributed by atoms with Crippen LogP contribution in [0.25, 0.3) is 21.3 Å². The molecule has 1 aliphatic heterocycles. The van der Waals surface area contributed by atoms with Crippen molar-refractivity contribution in [3.8, 4) is 11.1 Å². The van der Waals surface area contributed by atoms with Gasteiger partial charge in [-0.1, -0.05) is 28.1 Å². The van der Waals surface area contributed by atoms with Gasteiger partial charge in [-0.15, -0.1) is 11.3 Å². The average molecular weight is 437 g/mol. The predicted octanol–water partition coefficient (Wildman–Crippen LogP) is 6.54. The molecular formula is C19H19BrClN3S. The van der Waals surface area contributed by atoms with Crippen molar-refractivity contribution in [3.63, 3.8) is 0 Å². The van der Waals surface area contributed by atoms with Gasteiger partial charge in [0, 0.05) is 27.5 Å². The Kier molecular flexibility index (Phi) is 4.73. The van der Waals surface area contributed by atoms with E-state index in [2.05, 4.69) is 74.3 Å². The number of aromatic nitrogens is 2. The molecule has 4 rings (SSSR count). The summed E-state index contributed by atoms with van der Waals surface area (Å²) in [6.07, 6.45) is 3.64. The second-order valence-corrected chi connectivity index (χ2v) is 8.80. The molecule has 0 amide bonds. The first kappa shape index (κ1) is 17.3. The minimum absolute atomic E-state index is 0.330. The summed E-state index contributed by atoms with van der Waals surface area (Å²) in [7, 11) is 0. The van der Waals surface area contributed by atoms with Crippen molar-refractivity contribution in [1.82, 2.24) is 9.97 Å². The second kappa shape index (κ2) is 6.86. The Morgan fingerprint density at radius 3 is 2.48 bits per heavy atom. The third kappa shape index (κ3) is 3.18. The number of rotatable bonds is 2. The summed E-state index contributed by atoms with van der Waals surface area (Å²) >= 11 is 11.4. The van der Waals surface area contributed by atoms with Gasteiger partial charge in [-0.3, -0.25) is 0 Å². The van der Waals surface area contributed by atoms with Gasteiger partial charge in [0.15, 0.2) is 0 Å². The molecule has 0 N–H and O–H groups in total. The highest BCUT2D eigenvalue weighted by atomic mass is 79.9. The second-order valence-electron chi connectivity index (χ2n) is 6.69. The van der Waals surface area contributed by atoms with E-state index in [1.54, 1.807) is 11.3 Å². The summed E-state index contributed by atoms with van der Waals surface area (Å²) in [6.45, 7) is 4.56. The zero-order chi connectivity index (χ0) is 17.6. The number of hydrogen-bond donors (Lipinski definition) is 0. The van der Waals surface area contributed by atoms with Crippen molar-refractivity contribution < 1.29 is 0 Å². The quantitative estimate of drug-likeness (QED) is 0.427. The van der Waals surface area contributed by atoms with Crippen LogP contribution in [-0.2, 0) is 0 Å².